The van der Waals surface area contributed by atoms with Crippen LogP contribution in [0.3, 0.4) is 0 Å². The van der Waals surface area contributed by atoms with Crippen LogP contribution < -0.4 is 18.9 Å². The van der Waals surface area contributed by atoms with Gasteiger partial charge in [-0.1, -0.05) is 42.5 Å². The van der Waals surface area contributed by atoms with Crippen LogP contribution in [0.1, 0.15) is 43.0 Å². The first-order valence-electron chi connectivity index (χ1n) is 12.6. The summed E-state index contributed by atoms with van der Waals surface area (Å²) in [6.45, 7) is 7.59. The van der Waals surface area contributed by atoms with Crippen LogP contribution >= 0.6 is 0 Å². The first kappa shape index (κ1) is 29.7. The summed E-state index contributed by atoms with van der Waals surface area (Å²) < 4.78 is 21.9. The quantitative estimate of drug-likeness (QED) is 0.125. The summed E-state index contributed by atoms with van der Waals surface area (Å²) in [5.74, 6) is 1.95. The van der Waals surface area contributed by atoms with E-state index in [1.165, 1.54) is 12.2 Å². The van der Waals surface area contributed by atoms with Gasteiger partial charge in [-0.15, -0.1) is 13.2 Å². The number of carbonyl (C=O) groups excluding carboxylic acids is 2. The summed E-state index contributed by atoms with van der Waals surface area (Å²) in [6.07, 6.45) is 11.1. The second kappa shape index (κ2) is 14.4. The number of allylic oxidation sites excluding steroid dienone is 4. The fraction of sp³-hybridized carbons (Fsp3) is 0.176. The Labute approximate surface area is 235 Å². The monoisotopic (exact) mass is 538 g/mol. The van der Waals surface area contributed by atoms with Crippen molar-refractivity contribution in [2.45, 2.75) is 12.8 Å². The topological polar surface area (TPSA) is 71.1 Å². The Hall–Kier alpha value is -4.84. The van der Waals surface area contributed by atoms with Crippen molar-refractivity contribution in [1.29, 1.82) is 0 Å². The minimum absolute atomic E-state index is 0.229. The lowest BCUT2D eigenvalue weighted by Crippen LogP contribution is -2.00. The van der Waals surface area contributed by atoms with Gasteiger partial charge in [0.15, 0.2) is 34.6 Å². The van der Waals surface area contributed by atoms with Gasteiger partial charge < -0.3 is 18.9 Å². The molecule has 0 aromatic heterocycles. The lowest BCUT2D eigenvalue weighted by molar-refractivity contribution is 0.104. The van der Waals surface area contributed by atoms with Crippen molar-refractivity contribution in [1.82, 2.24) is 0 Å². The summed E-state index contributed by atoms with van der Waals surface area (Å²) in [6, 6.07) is 14.1. The number of methoxy groups -OCH3 is 4. The molecule has 0 saturated heterocycles. The summed E-state index contributed by atoms with van der Waals surface area (Å²) in [5, 5.41) is 0. The Bertz CT molecular complexity index is 1350. The predicted molar refractivity (Wildman–Crippen MR) is 160 cm³/mol. The fourth-order valence-electron chi connectivity index (χ4n) is 4.30. The number of benzene rings is 3. The molecule has 0 unspecified atom stereocenters. The lowest BCUT2D eigenvalue weighted by atomic mass is 10.0. The minimum atomic E-state index is -0.229. The van der Waals surface area contributed by atoms with Crippen LogP contribution in [-0.2, 0) is 12.8 Å². The van der Waals surface area contributed by atoms with E-state index in [9.17, 15) is 9.59 Å². The van der Waals surface area contributed by atoms with Crippen LogP contribution in [0.25, 0.3) is 12.2 Å². The maximum absolute atomic E-state index is 13.0. The zero-order chi connectivity index (χ0) is 29.1. The molecular formula is C34H34O6. The van der Waals surface area contributed by atoms with E-state index in [4.69, 9.17) is 18.9 Å². The maximum atomic E-state index is 13.0. The normalized spacial score (nSPS) is 10.9. The second-order valence-corrected chi connectivity index (χ2v) is 8.79. The zero-order valence-corrected chi connectivity index (χ0v) is 23.4. The number of ether oxygens (including phenoxy) is 4. The smallest absolute Gasteiger partial charge is 0.185 e. The number of rotatable bonds is 14. The van der Waals surface area contributed by atoms with Gasteiger partial charge in [0.2, 0.25) is 0 Å². The van der Waals surface area contributed by atoms with Gasteiger partial charge >= 0.3 is 0 Å². The van der Waals surface area contributed by atoms with E-state index in [1.54, 1.807) is 89.1 Å². The second-order valence-electron chi connectivity index (χ2n) is 8.79. The Kier molecular flexibility index (Phi) is 10.7. The lowest BCUT2D eigenvalue weighted by Gasteiger charge is -2.13. The Morgan fingerprint density at radius 3 is 1.43 bits per heavy atom. The summed E-state index contributed by atoms with van der Waals surface area (Å²) >= 11 is 0. The van der Waals surface area contributed by atoms with Gasteiger partial charge in [0.1, 0.15) is 0 Å². The Balaban J connectivity index is 1.82. The largest absolute Gasteiger partial charge is 0.493 e. The van der Waals surface area contributed by atoms with Crippen LogP contribution in [0.15, 0.2) is 86.0 Å². The SMILES string of the molecule is C=CCc1cc(/C=C/C(=O)c2cccc(C(=O)/C=C/c3cc(CC=C)c(OC)c(OC)c3)c2)cc(OC)c1OC. The van der Waals surface area contributed by atoms with Gasteiger partial charge in [-0.3, -0.25) is 9.59 Å². The molecule has 0 spiro atoms. The van der Waals surface area contributed by atoms with Crippen molar-refractivity contribution in [3.05, 3.63) is 119 Å². The van der Waals surface area contributed by atoms with Crippen LogP contribution in [0.5, 0.6) is 23.0 Å². The molecule has 6 heteroatoms. The van der Waals surface area contributed by atoms with Crippen LogP contribution in [-0.4, -0.2) is 40.0 Å². The van der Waals surface area contributed by atoms with Crippen molar-refractivity contribution in [2.24, 2.45) is 0 Å². The predicted octanol–water partition coefficient (Wildman–Crippen LogP) is 6.97. The van der Waals surface area contributed by atoms with Gasteiger partial charge in [0.05, 0.1) is 28.4 Å². The molecule has 0 bridgehead atoms. The molecule has 3 aromatic carbocycles. The molecule has 3 rings (SSSR count). The number of ketones is 2. The van der Waals surface area contributed by atoms with Crippen molar-refractivity contribution in [3.63, 3.8) is 0 Å². The summed E-state index contributed by atoms with van der Waals surface area (Å²) in [7, 11) is 6.30. The molecule has 0 aliphatic heterocycles. The first-order valence-corrected chi connectivity index (χ1v) is 12.6. The van der Waals surface area contributed by atoms with Gasteiger partial charge in [-0.2, -0.15) is 0 Å². The number of hydrogen-bond acceptors (Lipinski definition) is 6. The van der Waals surface area contributed by atoms with Gasteiger partial charge in [-0.05, 0) is 66.5 Å². The molecule has 0 heterocycles. The average Bonchev–Trinajstić information content (AvgIpc) is 2.98. The minimum Gasteiger partial charge on any atom is -0.493 e. The van der Waals surface area contributed by atoms with E-state index in [1.807, 2.05) is 12.1 Å². The highest BCUT2D eigenvalue weighted by atomic mass is 16.5. The van der Waals surface area contributed by atoms with E-state index >= 15 is 0 Å². The van der Waals surface area contributed by atoms with E-state index in [0.717, 1.165) is 22.3 Å². The molecule has 0 fully saturated rings. The third-order valence-electron chi connectivity index (χ3n) is 6.17. The van der Waals surface area contributed by atoms with E-state index in [-0.39, 0.29) is 11.6 Å². The Morgan fingerprint density at radius 2 is 1.07 bits per heavy atom. The van der Waals surface area contributed by atoms with Crippen molar-refractivity contribution >= 4 is 23.7 Å². The molecule has 40 heavy (non-hydrogen) atoms. The van der Waals surface area contributed by atoms with Crippen LogP contribution in [0, 0.1) is 0 Å². The molecule has 206 valence electrons. The molecule has 0 atom stereocenters. The molecule has 6 nitrogen and oxygen atoms in total. The first-order chi connectivity index (χ1) is 19.4. The standard InChI is InChI=1S/C34H34O6/c1-7-10-27-18-23(20-31(37-3)33(27)39-5)14-16-29(35)25-12-9-13-26(22-25)30(36)17-15-24-19-28(11-8-2)34(40-6)32(21-24)38-4/h7-9,12-22H,1-2,10-11H2,3-6H3/b16-14+,17-15+. The summed E-state index contributed by atoms with van der Waals surface area (Å²) in [5.41, 5.74) is 4.17. The molecule has 0 N–H and O–H groups in total. The van der Waals surface area contributed by atoms with Gasteiger partial charge in [0.25, 0.3) is 0 Å². The third-order valence-corrected chi connectivity index (χ3v) is 6.17. The number of hydrogen-bond donors (Lipinski definition) is 0. The van der Waals surface area contributed by atoms with Crippen molar-refractivity contribution in [2.75, 3.05) is 28.4 Å². The van der Waals surface area contributed by atoms with Crippen molar-refractivity contribution < 1.29 is 28.5 Å². The molecule has 0 aliphatic carbocycles. The molecule has 0 amide bonds. The highest BCUT2D eigenvalue weighted by Gasteiger charge is 2.13. The zero-order valence-electron chi connectivity index (χ0n) is 23.4. The molecule has 3 aromatic rings. The highest BCUT2D eigenvalue weighted by molar-refractivity contribution is 6.11. The van der Waals surface area contributed by atoms with Crippen LogP contribution in [0.4, 0.5) is 0 Å². The molecule has 0 aliphatic rings. The van der Waals surface area contributed by atoms with Gasteiger partial charge in [0, 0.05) is 22.3 Å². The third kappa shape index (κ3) is 7.17. The summed E-state index contributed by atoms with van der Waals surface area (Å²) in [4.78, 5) is 25.9. The van der Waals surface area contributed by atoms with Crippen molar-refractivity contribution in [3.8, 4) is 23.0 Å². The molecule has 0 radical (unpaired) electrons. The molecular weight excluding hydrogens is 504 g/mol. The van der Waals surface area contributed by atoms with E-state index < -0.39 is 0 Å². The highest BCUT2D eigenvalue weighted by Crippen LogP contribution is 2.34. The number of carbonyl (C=O) groups is 2. The van der Waals surface area contributed by atoms with Crippen LogP contribution in [0.2, 0.25) is 0 Å². The fourth-order valence-corrected chi connectivity index (χ4v) is 4.30. The van der Waals surface area contributed by atoms with E-state index in [0.29, 0.717) is 47.0 Å². The average molecular weight is 539 g/mol. The van der Waals surface area contributed by atoms with E-state index in [2.05, 4.69) is 13.2 Å². The maximum Gasteiger partial charge on any atom is 0.185 e. The Morgan fingerprint density at radius 1 is 0.650 bits per heavy atom. The molecule has 0 saturated carbocycles. The van der Waals surface area contributed by atoms with Gasteiger partial charge in [-0.25, -0.2) is 0 Å².